The van der Waals surface area contributed by atoms with Crippen molar-refractivity contribution in [3.05, 3.63) is 65.7 Å². The standard InChI is InChI=1S/C16H16N2O/c1-12(10-13-6-3-2-4-7-13)16(19)18-15-9-5-8-14(17)11-15/h2-11H,17H2,1H3,(H,18,19). The van der Waals surface area contributed by atoms with Crippen molar-refractivity contribution >= 4 is 23.4 Å². The molecule has 1 amide bonds. The molecule has 0 saturated carbocycles. The van der Waals surface area contributed by atoms with Crippen molar-refractivity contribution in [2.75, 3.05) is 11.1 Å². The molecule has 3 heteroatoms. The molecule has 0 heterocycles. The maximum absolute atomic E-state index is 12.0. The third kappa shape index (κ3) is 3.71. The van der Waals surface area contributed by atoms with Crippen molar-refractivity contribution in [3.63, 3.8) is 0 Å². The molecule has 0 spiro atoms. The highest BCUT2D eigenvalue weighted by Gasteiger charge is 2.04. The maximum Gasteiger partial charge on any atom is 0.251 e. The molecule has 0 aliphatic heterocycles. The van der Waals surface area contributed by atoms with Gasteiger partial charge in [0.15, 0.2) is 0 Å². The lowest BCUT2D eigenvalue weighted by Crippen LogP contribution is -2.12. The second-order valence-electron chi connectivity index (χ2n) is 4.32. The molecule has 0 fully saturated rings. The van der Waals surface area contributed by atoms with Crippen molar-refractivity contribution in [1.82, 2.24) is 0 Å². The Morgan fingerprint density at radius 1 is 1.11 bits per heavy atom. The first-order valence-corrected chi connectivity index (χ1v) is 6.05. The molecular formula is C16H16N2O. The molecule has 3 N–H and O–H groups in total. The highest BCUT2D eigenvalue weighted by molar-refractivity contribution is 6.06. The number of nitrogens with one attached hydrogen (secondary N) is 1. The van der Waals surface area contributed by atoms with Crippen molar-refractivity contribution in [3.8, 4) is 0 Å². The lowest BCUT2D eigenvalue weighted by Gasteiger charge is -2.06. The van der Waals surface area contributed by atoms with Crippen LogP contribution in [0.4, 0.5) is 11.4 Å². The van der Waals surface area contributed by atoms with Crippen LogP contribution in [0.1, 0.15) is 12.5 Å². The quantitative estimate of drug-likeness (QED) is 0.650. The van der Waals surface area contributed by atoms with Crippen LogP contribution in [0.2, 0.25) is 0 Å². The lowest BCUT2D eigenvalue weighted by molar-refractivity contribution is -0.112. The highest BCUT2D eigenvalue weighted by atomic mass is 16.1. The van der Waals surface area contributed by atoms with Crippen LogP contribution in [0.3, 0.4) is 0 Å². The number of rotatable bonds is 3. The Labute approximate surface area is 112 Å². The summed E-state index contributed by atoms with van der Waals surface area (Å²) in [7, 11) is 0. The van der Waals surface area contributed by atoms with E-state index in [9.17, 15) is 4.79 Å². The summed E-state index contributed by atoms with van der Waals surface area (Å²) < 4.78 is 0. The van der Waals surface area contributed by atoms with Crippen LogP contribution < -0.4 is 11.1 Å². The van der Waals surface area contributed by atoms with Gasteiger partial charge in [0.25, 0.3) is 5.91 Å². The smallest absolute Gasteiger partial charge is 0.251 e. The van der Waals surface area contributed by atoms with Gasteiger partial charge < -0.3 is 11.1 Å². The summed E-state index contributed by atoms with van der Waals surface area (Å²) in [5, 5.41) is 2.82. The van der Waals surface area contributed by atoms with Crippen molar-refractivity contribution < 1.29 is 4.79 Å². The summed E-state index contributed by atoms with van der Waals surface area (Å²) in [6, 6.07) is 16.9. The van der Waals surface area contributed by atoms with Crippen LogP contribution in [0.25, 0.3) is 6.08 Å². The molecule has 19 heavy (non-hydrogen) atoms. The number of amides is 1. The Morgan fingerprint density at radius 3 is 2.53 bits per heavy atom. The topological polar surface area (TPSA) is 55.1 Å². The molecule has 0 saturated heterocycles. The molecule has 2 aromatic carbocycles. The summed E-state index contributed by atoms with van der Waals surface area (Å²) in [4.78, 5) is 12.0. The van der Waals surface area contributed by atoms with Gasteiger partial charge in [-0.3, -0.25) is 4.79 Å². The van der Waals surface area contributed by atoms with Crippen LogP contribution in [0, 0.1) is 0 Å². The van der Waals surface area contributed by atoms with E-state index in [2.05, 4.69) is 5.32 Å². The molecule has 0 radical (unpaired) electrons. The fourth-order valence-electron chi connectivity index (χ4n) is 1.71. The number of benzene rings is 2. The Bertz CT molecular complexity index is 603. The average Bonchev–Trinajstić information content (AvgIpc) is 2.40. The number of carbonyl (C=O) groups excluding carboxylic acids is 1. The molecule has 96 valence electrons. The van der Waals surface area contributed by atoms with Gasteiger partial charge in [-0.05, 0) is 36.8 Å². The zero-order valence-electron chi connectivity index (χ0n) is 10.8. The first-order valence-electron chi connectivity index (χ1n) is 6.05. The second-order valence-corrected chi connectivity index (χ2v) is 4.32. The van der Waals surface area contributed by atoms with Crippen molar-refractivity contribution in [2.24, 2.45) is 0 Å². The molecule has 0 aromatic heterocycles. The van der Waals surface area contributed by atoms with E-state index in [0.29, 0.717) is 16.9 Å². The number of anilines is 2. The summed E-state index contributed by atoms with van der Waals surface area (Å²) in [6.45, 7) is 1.79. The number of hydrogen-bond donors (Lipinski definition) is 2. The molecule has 0 bridgehead atoms. The van der Waals surface area contributed by atoms with Gasteiger partial charge in [0.05, 0.1) is 0 Å². The third-order valence-electron chi connectivity index (χ3n) is 2.69. The molecule has 0 atom stereocenters. The Balaban J connectivity index is 2.10. The van der Waals surface area contributed by atoms with Gasteiger partial charge >= 0.3 is 0 Å². The summed E-state index contributed by atoms with van der Waals surface area (Å²) in [5.41, 5.74) is 8.64. The normalized spacial score (nSPS) is 11.1. The van der Waals surface area contributed by atoms with Gasteiger partial charge in [-0.15, -0.1) is 0 Å². The minimum Gasteiger partial charge on any atom is -0.399 e. The predicted octanol–water partition coefficient (Wildman–Crippen LogP) is 3.31. The third-order valence-corrected chi connectivity index (χ3v) is 2.69. The first-order chi connectivity index (χ1) is 9.15. The van der Waals surface area contributed by atoms with Crippen LogP contribution in [0.15, 0.2) is 60.2 Å². The molecule has 3 nitrogen and oxygen atoms in total. The maximum atomic E-state index is 12.0. The number of hydrogen-bond acceptors (Lipinski definition) is 2. The van der Waals surface area contributed by atoms with E-state index in [4.69, 9.17) is 5.73 Å². The molecule has 2 aromatic rings. The predicted molar refractivity (Wildman–Crippen MR) is 79.6 cm³/mol. The van der Waals surface area contributed by atoms with E-state index in [1.54, 1.807) is 25.1 Å². The molecule has 0 aliphatic rings. The monoisotopic (exact) mass is 252 g/mol. The van der Waals surface area contributed by atoms with Gasteiger partial charge in [0.1, 0.15) is 0 Å². The zero-order chi connectivity index (χ0) is 13.7. The fourth-order valence-corrected chi connectivity index (χ4v) is 1.71. The summed E-state index contributed by atoms with van der Waals surface area (Å²) in [5.74, 6) is -0.130. The first kappa shape index (κ1) is 12.9. The minimum atomic E-state index is -0.130. The lowest BCUT2D eigenvalue weighted by atomic mass is 10.1. The molecule has 0 unspecified atom stereocenters. The van der Waals surface area contributed by atoms with Gasteiger partial charge in [-0.1, -0.05) is 36.4 Å². The van der Waals surface area contributed by atoms with Gasteiger partial charge in [0.2, 0.25) is 0 Å². The van der Waals surface area contributed by atoms with Gasteiger partial charge in [0, 0.05) is 16.9 Å². The van der Waals surface area contributed by atoms with E-state index in [1.165, 1.54) is 0 Å². The van der Waals surface area contributed by atoms with Crippen LogP contribution in [-0.2, 0) is 4.79 Å². The largest absolute Gasteiger partial charge is 0.399 e. The van der Waals surface area contributed by atoms with Crippen LogP contribution >= 0.6 is 0 Å². The van der Waals surface area contributed by atoms with E-state index in [0.717, 1.165) is 5.56 Å². The van der Waals surface area contributed by atoms with Gasteiger partial charge in [-0.25, -0.2) is 0 Å². The molecular weight excluding hydrogens is 236 g/mol. The second kappa shape index (κ2) is 5.87. The Morgan fingerprint density at radius 2 is 1.84 bits per heavy atom. The van der Waals surface area contributed by atoms with Gasteiger partial charge in [-0.2, -0.15) is 0 Å². The van der Waals surface area contributed by atoms with Crippen molar-refractivity contribution in [1.29, 1.82) is 0 Å². The van der Waals surface area contributed by atoms with Crippen LogP contribution in [-0.4, -0.2) is 5.91 Å². The Kier molecular flexibility index (Phi) is 3.98. The van der Waals surface area contributed by atoms with Crippen molar-refractivity contribution in [2.45, 2.75) is 6.92 Å². The van der Waals surface area contributed by atoms with E-state index >= 15 is 0 Å². The summed E-state index contributed by atoms with van der Waals surface area (Å²) in [6.07, 6.45) is 1.85. The number of nitrogen functional groups attached to an aromatic ring is 1. The Hall–Kier alpha value is -2.55. The fraction of sp³-hybridized carbons (Fsp3) is 0.0625. The average molecular weight is 252 g/mol. The molecule has 2 rings (SSSR count). The van der Waals surface area contributed by atoms with Crippen LogP contribution in [0.5, 0.6) is 0 Å². The summed E-state index contributed by atoms with van der Waals surface area (Å²) >= 11 is 0. The van der Waals surface area contributed by atoms with E-state index in [-0.39, 0.29) is 5.91 Å². The minimum absolute atomic E-state index is 0.130. The SMILES string of the molecule is CC(=Cc1ccccc1)C(=O)Nc1cccc(N)c1. The number of nitrogens with two attached hydrogens (primary N) is 1. The molecule has 0 aliphatic carbocycles. The zero-order valence-corrected chi connectivity index (χ0v) is 10.8. The number of carbonyl (C=O) groups is 1. The van der Waals surface area contributed by atoms with E-state index < -0.39 is 0 Å². The highest BCUT2D eigenvalue weighted by Crippen LogP contribution is 2.14. The van der Waals surface area contributed by atoms with E-state index in [1.807, 2.05) is 42.5 Å².